The van der Waals surface area contributed by atoms with Gasteiger partial charge in [-0.05, 0) is 25.5 Å². The van der Waals surface area contributed by atoms with Crippen LogP contribution in [0.3, 0.4) is 0 Å². The fourth-order valence-electron chi connectivity index (χ4n) is 3.00. The zero-order valence-corrected chi connectivity index (χ0v) is 13.7. The van der Waals surface area contributed by atoms with Crippen LogP contribution >= 0.6 is 11.6 Å². The molecule has 0 unspecified atom stereocenters. The number of fused-ring (bicyclic) bond motifs is 1. The van der Waals surface area contributed by atoms with Crippen LogP contribution in [0.1, 0.15) is 11.3 Å². The summed E-state index contributed by atoms with van der Waals surface area (Å²) in [6.07, 6.45) is -0.868. The second-order valence-electron chi connectivity index (χ2n) is 5.77. The van der Waals surface area contributed by atoms with Crippen molar-refractivity contribution < 1.29 is 14.7 Å². The van der Waals surface area contributed by atoms with Gasteiger partial charge in [0.2, 0.25) is 5.91 Å². The molecule has 3 rings (SSSR count). The van der Waals surface area contributed by atoms with E-state index in [1.165, 1.54) is 0 Å². The Bertz CT molecular complexity index is 783. The highest BCUT2D eigenvalue weighted by atomic mass is 35.5. The molecule has 1 fully saturated rings. The number of imide groups is 1. The Balaban J connectivity index is 1.88. The quantitative estimate of drug-likeness (QED) is 0.837. The molecule has 3 amide bonds. The average molecular weight is 336 g/mol. The first-order valence-electron chi connectivity index (χ1n) is 7.40. The molecule has 122 valence electrons. The van der Waals surface area contributed by atoms with Crippen LogP contribution in [0.4, 0.5) is 4.79 Å². The van der Waals surface area contributed by atoms with Gasteiger partial charge < -0.3 is 15.0 Å². The van der Waals surface area contributed by atoms with Gasteiger partial charge in [-0.25, -0.2) is 4.79 Å². The molecule has 6 nitrogen and oxygen atoms in total. The minimum Gasteiger partial charge on any atom is -0.389 e. The Morgan fingerprint density at radius 2 is 2.04 bits per heavy atom. The highest BCUT2D eigenvalue weighted by molar-refractivity contribution is 6.35. The highest BCUT2D eigenvalue weighted by Crippen LogP contribution is 2.30. The number of benzene rings is 1. The second kappa shape index (κ2) is 5.86. The SMILES string of the molecule is Cc1c(C)n(C[C@@H](O)CN2C(=O)CNC2=O)c2c(Cl)cccc12. The minimum atomic E-state index is -0.868. The number of nitrogens with zero attached hydrogens (tertiary/aromatic N) is 2. The summed E-state index contributed by atoms with van der Waals surface area (Å²) in [7, 11) is 0. The van der Waals surface area contributed by atoms with Crippen LogP contribution in [0.25, 0.3) is 10.9 Å². The van der Waals surface area contributed by atoms with Crippen LogP contribution in [0.2, 0.25) is 5.02 Å². The average Bonchev–Trinajstić information content (AvgIpc) is 2.94. The minimum absolute atomic E-state index is 0.0119. The molecule has 23 heavy (non-hydrogen) atoms. The number of aromatic nitrogens is 1. The van der Waals surface area contributed by atoms with Crippen molar-refractivity contribution in [3.63, 3.8) is 0 Å². The van der Waals surface area contributed by atoms with Gasteiger partial charge in [-0.2, -0.15) is 0 Å². The van der Waals surface area contributed by atoms with Crippen LogP contribution in [0, 0.1) is 13.8 Å². The van der Waals surface area contributed by atoms with Crippen LogP contribution < -0.4 is 5.32 Å². The van der Waals surface area contributed by atoms with Gasteiger partial charge in [0.05, 0.1) is 36.3 Å². The molecule has 1 aliphatic rings. The molecule has 0 saturated carbocycles. The van der Waals surface area contributed by atoms with E-state index in [-0.39, 0.29) is 25.5 Å². The van der Waals surface area contributed by atoms with Gasteiger partial charge in [0.25, 0.3) is 0 Å². The van der Waals surface area contributed by atoms with Crippen LogP contribution in [-0.2, 0) is 11.3 Å². The number of halogens is 1. The summed E-state index contributed by atoms with van der Waals surface area (Å²) in [6, 6.07) is 5.23. The third-order valence-electron chi connectivity index (χ3n) is 4.33. The molecule has 0 spiro atoms. The number of rotatable bonds is 4. The Morgan fingerprint density at radius 1 is 1.30 bits per heavy atom. The molecule has 0 radical (unpaired) electrons. The molecule has 2 N–H and O–H groups in total. The summed E-state index contributed by atoms with van der Waals surface area (Å²) in [5.74, 6) is -0.322. The van der Waals surface area contributed by atoms with E-state index in [4.69, 9.17) is 11.6 Å². The van der Waals surface area contributed by atoms with E-state index < -0.39 is 12.1 Å². The molecule has 1 saturated heterocycles. The topological polar surface area (TPSA) is 74.6 Å². The van der Waals surface area contributed by atoms with E-state index >= 15 is 0 Å². The summed E-state index contributed by atoms with van der Waals surface area (Å²) in [4.78, 5) is 24.2. The fourth-order valence-corrected chi connectivity index (χ4v) is 3.28. The summed E-state index contributed by atoms with van der Waals surface area (Å²) in [5.41, 5.74) is 2.97. The van der Waals surface area contributed by atoms with Gasteiger partial charge in [0, 0.05) is 11.1 Å². The maximum absolute atomic E-state index is 11.6. The number of aliphatic hydroxyl groups excluding tert-OH is 1. The van der Waals surface area contributed by atoms with Crippen molar-refractivity contribution in [3.05, 3.63) is 34.5 Å². The van der Waals surface area contributed by atoms with E-state index in [1.54, 1.807) is 0 Å². The maximum Gasteiger partial charge on any atom is 0.324 e. The number of aryl methyl sites for hydroxylation is 1. The Labute approximate surface area is 138 Å². The molecule has 7 heteroatoms. The number of para-hydroxylation sites is 1. The summed E-state index contributed by atoms with van der Waals surface area (Å²) in [5, 5.41) is 14.4. The number of carbonyl (C=O) groups excluding carboxylic acids is 2. The number of amides is 3. The molecular formula is C16H18ClN3O3. The predicted octanol–water partition coefficient (Wildman–Crippen LogP) is 1.82. The lowest BCUT2D eigenvalue weighted by molar-refractivity contribution is -0.126. The van der Waals surface area contributed by atoms with E-state index in [0.717, 1.165) is 27.1 Å². The van der Waals surface area contributed by atoms with Crippen molar-refractivity contribution in [3.8, 4) is 0 Å². The van der Waals surface area contributed by atoms with Crippen molar-refractivity contribution in [1.29, 1.82) is 0 Å². The zero-order valence-electron chi connectivity index (χ0n) is 13.0. The number of hydrogen-bond donors (Lipinski definition) is 2. The largest absolute Gasteiger partial charge is 0.389 e. The Hall–Kier alpha value is -2.05. The van der Waals surface area contributed by atoms with E-state index in [1.807, 2.05) is 36.6 Å². The number of carbonyl (C=O) groups is 2. The molecule has 0 bridgehead atoms. The number of aliphatic hydroxyl groups is 1. The molecule has 1 aliphatic heterocycles. The zero-order chi connectivity index (χ0) is 16.7. The monoisotopic (exact) mass is 335 g/mol. The molecule has 1 aromatic carbocycles. The molecule has 2 aromatic rings. The first kappa shape index (κ1) is 15.8. The maximum atomic E-state index is 11.6. The van der Waals surface area contributed by atoms with Gasteiger partial charge in [-0.15, -0.1) is 0 Å². The van der Waals surface area contributed by atoms with Crippen LogP contribution in [-0.4, -0.2) is 45.7 Å². The van der Waals surface area contributed by atoms with Gasteiger partial charge >= 0.3 is 6.03 Å². The van der Waals surface area contributed by atoms with Gasteiger partial charge in [-0.3, -0.25) is 9.69 Å². The van der Waals surface area contributed by atoms with Gasteiger partial charge in [0.15, 0.2) is 0 Å². The molecule has 2 heterocycles. The van der Waals surface area contributed by atoms with Crippen molar-refractivity contribution >= 4 is 34.4 Å². The lowest BCUT2D eigenvalue weighted by Crippen LogP contribution is -2.39. The van der Waals surface area contributed by atoms with E-state index in [0.29, 0.717) is 5.02 Å². The highest BCUT2D eigenvalue weighted by Gasteiger charge is 2.30. The lowest BCUT2D eigenvalue weighted by Gasteiger charge is -2.19. The third-order valence-corrected chi connectivity index (χ3v) is 4.64. The third kappa shape index (κ3) is 2.68. The summed E-state index contributed by atoms with van der Waals surface area (Å²) >= 11 is 6.32. The Kier molecular flexibility index (Phi) is 4.04. The number of urea groups is 1. The second-order valence-corrected chi connectivity index (χ2v) is 6.18. The van der Waals surface area contributed by atoms with Crippen molar-refractivity contribution in [1.82, 2.24) is 14.8 Å². The first-order valence-corrected chi connectivity index (χ1v) is 7.78. The normalized spacial score (nSPS) is 16.3. The summed E-state index contributed by atoms with van der Waals surface area (Å²) < 4.78 is 1.94. The number of hydrogen-bond acceptors (Lipinski definition) is 3. The standard InChI is InChI=1S/C16H18ClN3O3/c1-9-10(2)19(15-12(9)4-3-5-13(15)17)7-11(21)8-20-14(22)6-18-16(20)23/h3-5,11,21H,6-8H2,1-2H3,(H,18,23)/t11-/m1/s1. The van der Waals surface area contributed by atoms with Gasteiger partial charge in [0.1, 0.15) is 0 Å². The lowest BCUT2D eigenvalue weighted by atomic mass is 10.2. The van der Waals surface area contributed by atoms with Crippen LogP contribution in [0.5, 0.6) is 0 Å². The molecular weight excluding hydrogens is 318 g/mol. The van der Waals surface area contributed by atoms with Crippen molar-refractivity contribution in [2.24, 2.45) is 0 Å². The number of nitrogens with one attached hydrogen (secondary N) is 1. The molecule has 0 aliphatic carbocycles. The van der Waals surface area contributed by atoms with Gasteiger partial charge in [-0.1, -0.05) is 23.7 Å². The predicted molar refractivity (Wildman–Crippen MR) is 87.5 cm³/mol. The first-order chi connectivity index (χ1) is 10.9. The Morgan fingerprint density at radius 3 is 2.70 bits per heavy atom. The van der Waals surface area contributed by atoms with Crippen molar-refractivity contribution in [2.45, 2.75) is 26.5 Å². The molecule has 1 atom stereocenters. The fraction of sp³-hybridized carbons (Fsp3) is 0.375. The smallest absolute Gasteiger partial charge is 0.324 e. The number of β-amino-alcohol motifs (C(OH)–C–C–N with tert-alkyl or cyclic N) is 1. The summed E-state index contributed by atoms with van der Waals surface area (Å²) in [6.45, 7) is 4.19. The van der Waals surface area contributed by atoms with E-state index in [9.17, 15) is 14.7 Å². The molecule has 1 aromatic heterocycles. The van der Waals surface area contributed by atoms with E-state index in [2.05, 4.69) is 5.32 Å². The van der Waals surface area contributed by atoms with Crippen LogP contribution in [0.15, 0.2) is 18.2 Å². The van der Waals surface area contributed by atoms with Crippen molar-refractivity contribution in [2.75, 3.05) is 13.1 Å².